The molecule has 0 saturated carbocycles. The first-order chi connectivity index (χ1) is 19.7. The zero-order chi connectivity index (χ0) is 29.0. The van der Waals surface area contributed by atoms with E-state index in [-0.39, 0.29) is 5.75 Å². The number of anilines is 1. The third-order valence-corrected chi connectivity index (χ3v) is 7.40. The number of ether oxygens (including phenoxy) is 1. The molecule has 0 bridgehead atoms. The van der Waals surface area contributed by atoms with Crippen LogP contribution in [0.5, 0.6) is 5.75 Å². The van der Waals surface area contributed by atoms with Crippen LogP contribution in [0.4, 0.5) is 18.9 Å². The van der Waals surface area contributed by atoms with E-state index in [0.717, 1.165) is 28.6 Å². The van der Waals surface area contributed by atoms with Crippen molar-refractivity contribution in [2.75, 3.05) is 17.2 Å². The molecule has 212 valence electrons. The molecule has 0 spiro atoms. The van der Waals surface area contributed by atoms with Gasteiger partial charge in [0.15, 0.2) is 11.0 Å². The number of halogens is 3. The number of amidine groups is 1. The molecule has 0 radical (unpaired) electrons. The Morgan fingerprint density at radius 2 is 1.76 bits per heavy atom. The summed E-state index contributed by atoms with van der Waals surface area (Å²) >= 11 is 1.69. The second-order valence-corrected chi connectivity index (χ2v) is 10.7. The van der Waals surface area contributed by atoms with Gasteiger partial charge >= 0.3 is 6.36 Å². The van der Waals surface area contributed by atoms with Crippen molar-refractivity contribution in [1.29, 1.82) is 0 Å². The van der Waals surface area contributed by atoms with Crippen molar-refractivity contribution >= 4 is 28.8 Å². The molecule has 1 aromatic heterocycles. The Morgan fingerprint density at radius 3 is 2.44 bits per heavy atom. The van der Waals surface area contributed by atoms with Gasteiger partial charge in [0, 0.05) is 30.0 Å². The number of benzene rings is 3. The molecule has 1 saturated heterocycles. The van der Waals surface area contributed by atoms with E-state index in [1.54, 1.807) is 22.7 Å². The molecule has 1 aliphatic rings. The number of aryl methyl sites for hydroxylation is 1. The summed E-state index contributed by atoms with van der Waals surface area (Å²) in [6.07, 6.45) is -2.43. The van der Waals surface area contributed by atoms with Gasteiger partial charge in [-0.05, 0) is 47.4 Å². The molecule has 41 heavy (non-hydrogen) atoms. The molecule has 2 heterocycles. The van der Waals surface area contributed by atoms with Crippen LogP contribution in [0.2, 0.25) is 0 Å². The SMILES string of the molecule is CCc1nc(-c2ccc(C=NN=C3SCCN3c3ccccc3C(C)C)cc2)nn1-c1ccc(OC(F)(F)F)cc1. The Labute approximate surface area is 240 Å². The number of hydrogen-bond donors (Lipinski definition) is 0. The van der Waals surface area contributed by atoms with Gasteiger partial charge in [-0.25, -0.2) is 9.67 Å². The van der Waals surface area contributed by atoms with E-state index < -0.39 is 6.36 Å². The van der Waals surface area contributed by atoms with Crippen molar-refractivity contribution in [3.63, 3.8) is 0 Å². The van der Waals surface area contributed by atoms with Crippen LogP contribution in [0.15, 0.2) is 83.0 Å². The van der Waals surface area contributed by atoms with E-state index in [1.807, 2.05) is 31.2 Å². The number of rotatable bonds is 8. The van der Waals surface area contributed by atoms with Gasteiger partial charge in [-0.3, -0.25) is 0 Å². The lowest BCUT2D eigenvalue weighted by Gasteiger charge is -2.22. The van der Waals surface area contributed by atoms with Crippen LogP contribution >= 0.6 is 11.8 Å². The smallest absolute Gasteiger partial charge is 0.406 e. The Bertz CT molecular complexity index is 1550. The second-order valence-electron chi connectivity index (χ2n) is 9.62. The highest BCUT2D eigenvalue weighted by atomic mass is 32.2. The molecule has 0 aliphatic carbocycles. The molecule has 11 heteroatoms. The van der Waals surface area contributed by atoms with Crippen molar-refractivity contribution in [2.24, 2.45) is 10.2 Å². The summed E-state index contributed by atoms with van der Waals surface area (Å²) in [5.74, 6) is 2.28. The topological polar surface area (TPSA) is 67.9 Å². The molecule has 1 fully saturated rings. The average molecular weight is 579 g/mol. The predicted molar refractivity (Wildman–Crippen MR) is 158 cm³/mol. The maximum Gasteiger partial charge on any atom is 0.573 e. The monoisotopic (exact) mass is 578 g/mol. The van der Waals surface area contributed by atoms with E-state index in [0.29, 0.717) is 29.7 Å². The number of alkyl halides is 3. The van der Waals surface area contributed by atoms with Gasteiger partial charge in [-0.2, -0.15) is 5.10 Å². The molecule has 0 N–H and O–H groups in total. The van der Waals surface area contributed by atoms with E-state index in [1.165, 1.54) is 35.5 Å². The third-order valence-electron chi connectivity index (χ3n) is 6.45. The van der Waals surface area contributed by atoms with Crippen molar-refractivity contribution in [3.8, 4) is 22.8 Å². The molecule has 5 rings (SSSR count). The zero-order valence-electron chi connectivity index (χ0n) is 22.8. The molecule has 0 amide bonds. The lowest BCUT2D eigenvalue weighted by Crippen LogP contribution is -2.24. The van der Waals surface area contributed by atoms with Gasteiger partial charge < -0.3 is 9.64 Å². The molecule has 1 aliphatic heterocycles. The molecule has 0 unspecified atom stereocenters. The van der Waals surface area contributed by atoms with E-state index in [9.17, 15) is 13.2 Å². The number of thioether (sulfide) groups is 1. The highest BCUT2D eigenvalue weighted by molar-refractivity contribution is 8.14. The maximum atomic E-state index is 12.5. The van der Waals surface area contributed by atoms with Crippen molar-refractivity contribution in [3.05, 3.63) is 89.7 Å². The van der Waals surface area contributed by atoms with Crippen LogP contribution in [0.3, 0.4) is 0 Å². The summed E-state index contributed by atoms with van der Waals surface area (Å²) in [5, 5.41) is 14.4. The molecule has 4 aromatic rings. The van der Waals surface area contributed by atoms with E-state index in [2.05, 4.69) is 68.0 Å². The first-order valence-electron chi connectivity index (χ1n) is 13.2. The standard InChI is InChI=1S/C30H29F3N6OS/c1-4-27-35-28(37-39(27)23-13-15-24(16-14-23)40-30(31,32)33)22-11-9-21(10-12-22)19-34-36-29-38(17-18-41-29)26-8-6-5-7-25(26)20(2)3/h5-16,19-20H,4,17-18H2,1-3H3. The Balaban J connectivity index is 1.30. The van der Waals surface area contributed by atoms with Gasteiger partial charge in [0.25, 0.3) is 0 Å². The second kappa shape index (κ2) is 12.2. The van der Waals surface area contributed by atoms with Crippen LogP contribution in [-0.4, -0.2) is 44.8 Å². The lowest BCUT2D eigenvalue weighted by molar-refractivity contribution is -0.274. The Morgan fingerprint density at radius 1 is 1.02 bits per heavy atom. The van der Waals surface area contributed by atoms with Gasteiger partial charge in [0.05, 0.1) is 11.9 Å². The predicted octanol–water partition coefficient (Wildman–Crippen LogP) is 7.46. The number of nitrogens with zero attached hydrogens (tertiary/aromatic N) is 6. The average Bonchev–Trinajstić information content (AvgIpc) is 3.60. The number of para-hydroxylation sites is 1. The fourth-order valence-corrected chi connectivity index (χ4v) is 5.39. The number of hydrogen-bond acceptors (Lipinski definition) is 6. The minimum atomic E-state index is -4.74. The van der Waals surface area contributed by atoms with Gasteiger partial charge in [0.1, 0.15) is 11.6 Å². The summed E-state index contributed by atoms with van der Waals surface area (Å²) in [6, 6.07) is 21.6. The van der Waals surface area contributed by atoms with Gasteiger partial charge in [0.2, 0.25) is 0 Å². The fourth-order valence-electron chi connectivity index (χ4n) is 4.48. The summed E-state index contributed by atoms with van der Waals surface area (Å²) in [4.78, 5) is 6.86. The molecule has 0 atom stereocenters. The highest BCUT2D eigenvalue weighted by Gasteiger charge is 2.31. The minimum Gasteiger partial charge on any atom is -0.406 e. The maximum absolute atomic E-state index is 12.5. The van der Waals surface area contributed by atoms with Crippen molar-refractivity contribution in [2.45, 2.75) is 39.5 Å². The summed E-state index contributed by atoms with van der Waals surface area (Å²) in [7, 11) is 0. The molecule has 3 aromatic carbocycles. The van der Waals surface area contributed by atoms with Crippen LogP contribution < -0.4 is 9.64 Å². The van der Waals surface area contributed by atoms with E-state index in [4.69, 9.17) is 0 Å². The van der Waals surface area contributed by atoms with Gasteiger partial charge in [-0.1, -0.05) is 75.0 Å². The van der Waals surface area contributed by atoms with Gasteiger partial charge in [-0.15, -0.1) is 23.4 Å². The first-order valence-corrected chi connectivity index (χ1v) is 14.2. The largest absolute Gasteiger partial charge is 0.573 e. The van der Waals surface area contributed by atoms with Crippen LogP contribution in [0.1, 0.15) is 43.6 Å². The quantitative estimate of drug-likeness (QED) is 0.160. The Kier molecular flexibility index (Phi) is 8.44. The fraction of sp³-hybridized carbons (Fsp3) is 0.267. The van der Waals surface area contributed by atoms with Crippen molar-refractivity contribution in [1.82, 2.24) is 14.8 Å². The minimum absolute atomic E-state index is 0.290. The molecular formula is C30H29F3N6OS. The zero-order valence-corrected chi connectivity index (χ0v) is 23.7. The lowest BCUT2D eigenvalue weighted by atomic mass is 10.0. The van der Waals surface area contributed by atoms with Crippen LogP contribution in [0.25, 0.3) is 17.1 Å². The normalized spacial score (nSPS) is 15.0. The Hall–Kier alpha value is -4.12. The first kappa shape index (κ1) is 28.4. The highest BCUT2D eigenvalue weighted by Crippen LogP contribution is 2.32. The summed E-state index contributed by atoms with van der Waals surface area (Å²) < 4.78 is 43.1. The van der Waals surface area contributed by atoms with Crippen molar-refractivity contribution < 1.29 is 17.9 Å². The van der Waals surface area contributed by atoms with E-state index >= 15 is 0 Å². The molecular weight excluding hydrogens is 549 g/mol. The van der Waals surface area contributed by atoms with Crippen LogP contribution in [-0.2, 0) is 6.42 Å². The summed E-state index contributed by atoms with van der Waals surface area (Å²) in [6.45, 7) is 7.22. The third kappa shape index (κ3) is 6.79. The molecule has 7 nitrogen and oxygen atoms in total. The summed E-state index contributed by atoms with van der Waals surface area (Å²) in [5.41, 5.74) is 4.74. The van der Waals surface area contributed by atoms with Crippen LogP contribution in [0, 0.1) is 0 Å². The number of aromatic nitrogens is 3.